The van der Waals surface area contributed by atoms with Gasteiger partial charge < -0.3 is 9.80 Å². The van der Waals surface area contributed by atoms with Crippen molar-refractivity contribution in [3.05, 3.63) is 66.3 Å². The second kappa shape index (κ2) is 8.80. The maximum Gasteiger partial charge on any atom is 0.246 e. The van der Waals surface area contributed by atoms with E-state index >= 15 is 0 Å². The minimum absolute atomic E-state index is 0.00693. The molecule has 0 radical (unpaired) electrons. The van der Waals surface area contributed by atoms with Crippen LogP contribution >= 0.6 is 0 Å². The quantitative estimate of drug-likeness (QED) is 0.735. The smallest absolute Gasteiger partial charge is 0.246 e. The van der Waals surface area contributed by atoms with E-state index in [2.05, 4.69) is 14.9 Å². The molecule has 23 heavy (non-hydrogen) atoms. The van der Waals surface area contributed by atoms with Crippen LogP contribution in [-0.4, -0.2) is 52.9 Å². The topological polar surface area (TPSA) is 49.3 Å². The van der Waals surface area contributed by atoms with Crippen LogP contribution in [0.15, 0.2) is 55.1 Å². The molecule has 2 heterocycles. The lowest BCUT2D eigenvalue weighted by molar-refractivity contribution is -0.126. The Labute approximate surface area is 137 Å². The number of aromatic nitrogens is 2. The number of hydrogen-bond acceptors (Lipinski definition) is 4. The van der Waals surface area contributed by atoms with Crippen molar-refractivity contribution in [3.8, 4) is 0 Å². The minimum Gasteiger partial charge on any atom is -0.333 e. The number of rotatable bonds is 7. The van der Waals surface area contributed by atoms with Gasteiger partial charge in [0.05, 0.1) is 0 Å². The van der Waals surface area contributed by atoms with Crippen molar-refractivity contribution in [2.75, 3.05) is 27.2 Å². The van der Waals surface area contributed by atoms with Crippen molar-refractivity contribution in [2.24, 2.45) is 0 Å². The standard InChI is InChI=1S/C18H22N4O/c1-21(2)12-13-22(15-17-4-3-9-20-14-17)18(23)6-5-16-7-10-19-11-8-16/h3-11,14H,12-13,15H2,1-2H3/b6-5-. The highest BCUT2D eigenvalue weighted by Gasteiger charge is 2.11. The van der Waals surface area contributed by atoms with Gasteiger partial charge in [-0.05, 0) is 49.5 Å². The van der Waals surface area contributed by atoms with Gasteiger partial charge in [-0.3, -0.25) is 14.8 Å². The normalized spacial score (nSPS) is 11.1. The maximum absolute atomic E-state index is 12.5. The van der Waals surface area contributed by atoms with Crippen LogP contribution < -0.4 is 0 Å². The molecule has 2 rings (SSSR count). The SMILES string of the molecule is CN(C)CCN(Cc1cccnc1)C(=O)/C=C\c1ccncc1. The van der Waals surface area contributed by atoms with Crippen molar-refractivity contribution in [1.82, 2.24) is 19.8 Å². The Hall–Kier alpha value is -2.53. The molecule has 1 amide bonds. The number of carbonyl (C=O) groups excluding carboxylic acids is 1. The van der Waals surface area contributed by atoms with Gasteiger partial charge in [0, 0.05) is 50.5 Å². The predicted molar refractivity (Wildman–Crippen MR) is 91.5 cm³/mol. The lowest BCUT2D eigenvalue weighted by atomic mass is 10.2. The van der Waals surface area contributed by atoms with Gasteiger partial charge in [-0.1, -0.05) is 6.07 Å². The molecule has 0 bridgehead atoms. The van der Waals surface area contributed by atoms with E-state index in [0.717, 1.165) is 17.7 Å². The summed E-state index contributed by atoms with van der Waals surface area (Å²) >= 11 is 0. The molecule has 120 valence electrons. The molecule has 0 aliphatic carbocycles. The van der Waals surface area contributed by atoms with Crippen LogP contribution in [0.4, 0.5) is 0 Å². The Balaban J connectivity index is 2.05. The number of likely N-dealkylation sites (N-methyl/N-ethyl adjacent to an activating group) is 1. The van der Waals surface area contributed by atoms with Crippen molar-refractivity contribution in [2.45, 2.75) is 6.54 Å². The number of pyridine rings is 2. The van der Waals surface area contributed by atoms with Crippen molar-refractivity contribution >= 4 is 12.0 Å². The second-order valence-electron chi connectivity index (χ2n) is 5.54. The third kappa shape index (κ3) is 6.00. The van der Waals surface area contributed by atoms with Gasteiger partial charge in [0.15, 0.2) is 0 Å². The van der Waals surface area contributed by atoms with Gasteiger partial charge >= 0.3 is 0 Å². The van der Waals surface area contributed by atoms with Crippen LogP contribution in [0.25, 0.3) is 6.08 Å². The Kier molecular flexibility index (Phi) is 6.44. The first-order valence-electron chi connectivity index (χ1n) is 7.56. The molecular weight excluding hydrogens is 288 g/mol. The largest absolute Gasteiger partial charge is 0.333 e. The summed E-state index contributed by atoms with van der Waals surface area (Å²) in [5.74, 6) is -0.00693. The molecule has 0 saturated heterocycles. The van der Waals surface area contributed by atoms with Gasteiger partial charge in [0.1, 0.15) is 0 Å². The summed E-state index contributed by atoms with van der Waals surface area (Å²) in [5, 5.41) is 0. The van der Waals surface area contributed by atoms with Crippen LogP contribution in [0.5, 0.6) is 0 Å². The highest BCUT2D eigenvalue weighted by Crippen LogP contribution is 2.06. The molecule has 0 N–H and O–H groups in total. The Morgan fingerprint density at radius 1 is 1.09 bits per heavy atom. The maximum atomic E-state index is 12.5. The molecule has 5 nitrogen and oxygen atoms in total. The van der Waals surface area contributed by atoms with E-state index in [1.165, 1.54) is 0 Å². The summed E-state index contributed by atoms with van der Waals surface area (Å²) < 4.78 is 0. The molecular formula is C18H22N4O. The summed E-state index contributed by atoms with van der Waals surface area (Å²) in [7, 11) is 4.00. The third-order valence-corrected chi connectivity index (χ3v) is 3.35. The fourth-order valence-electron chi connectivity index (χ4n) is 2.05. The van der Waals surface area contributed by atoms with Crippen LogP contribution in [0, 0.1) is 0 Å². The van der Waals surface area contributed by atoms with Crippen LogP contribution in [0.2, 0.25) is 0 Å². The average molecular weight is 310 g/mol. The van der Waals surface area contributed by atoms with Crippen molar-refractivity contribution in [3.63, 3.8) is 0 Å². The van der Waals surface area contributed by atoms with Crippen LogP contribution in [0.3, 0.4) is 0 Å². The van der Waals surface area contributed by atoms with E-state index in [-0.39, 0.29) is 5.91 Å². The third-order valence-electron chi connectivity index (χ3n) is 3.35. The number of amides is 1. The first-order chi connectivity index (χ1) is 11.1. The zero-order valence-corrected chi connectivity index (χ0v) is 13.6. The molecule has 2 aromatic rings. The lowest BCUT2D eigenvalue weighted by Gasteiger charge is -2.23. The zero-order chi connectivity index (χ0) is 16.5. The van der Waals surface area contributed by atoms with E-state index in [1.807, 2.05) is 49.3 Å². The molecule has 0 atom stereocenters. The molecule has 0 aromatic carbocycles. The lowest BCUT2D eigenvalue weighted by Crippen LogP contribution is -2.35. The first-order valence-corrected chi connectivity index (χ1v) is 7.56. The number of nitrogens with zero attached hydrogens (tertiary/aromatic N) is 4. The molecule has 0 unspecified atom stereocenters. The summed E-state index contributed by atoms with van der Waals surface area (Å²) in [6, 6.07) is 7.61. The van der Waals surface area contributed by atoms with Gasteiger partial charge in [0.25, 0.3) is 0 Å². The monoisotopic (exact) mass is 310 g/mol. The van der Waals surface area contributed by atoms with E-state index in [0.29, 0.717) is 13.1 Å². The van der Waals surface area contributed by atoms with Gasteiger partial charge in [-0.25, -0.2) is 0 Å². The van der Waals surface area contributed by atoms with Gasteiger partial charge in [0.2, 0.25) is 5.91 Å². The summed E-state index contributed by atoms with van der Waals surface area (Å²) in [4.78, 5) is 24.5. The van der Waals surface area contributed by atoms with E-state index in [1.54, 1.807) is 30.9 Å². The van der Waals surface area contributed by atoms with Crippen LogP contribution in [0.1, 0.15) is 11.1 Å². The molecule has 0 aliphatic rings. The second-order valence-corrected chi connectivity index (χ2v) is 5.54. The van der Waals surface area contributed by atoms with Crippen LogP contribution in [-0.2, 0) is 11.3 Å². The molecule has 5 heteroatoms. The Morgan fingerprint density at radius 3 is 2.52 bits per heavy atom. The van der Waals surface area contributed by atoms with Crippen molar-refractivity contribution < 1.29 is 4.79 Å². The van der Waals surface area contributed by atoms with E-state index in [4.69, 9.17) is 0 Å². The van der Waals surface area contributed by atoms with Gasteiger partial charge in [-0.15, -0.1) is 0 Å². The molecule has 0 saturated carbocycles. The fourth-order valence-corrected chi connectivity index (χ4v) is 2.05. The summed E-state index contributed by atoms with van der Waals surface area (Å²) in [6.45, 7) is 2.04. The zero-order valence-electron chi connectivity index (χ0n) is 13.6. The summed E-state index contributed by atoms with van der Waals surface area (Å²) in [5.41, 5.74) is 1.99. The highest BCUT2D eigenvalue weighted by atomic mass is 16.2. The fraction of sp³-hybridized carbons (Fsp3) is 0.278. The Morgan fingerprint density at radius 2 is 1.87 bits per heavy atom. The van der Waals surface area contributed by atoms with Gasteiger partial charge in [-0.2, -0.15) is 0 Å². The molecule has 2 aromatic heterocycles. The number of hydrogen-bond donors (Lipinski definition) is 0. The highest BCUT2D eigenvalue weighted by molar-refractivity contribution is 5.91. The molecule has 0 spiro atoms. The first kappa shape index (κ1) is 16.8. The minimum atomic E-state index is -0.00693. The average Bonchev–Trinajstić information content (AvgIpc) is 2.58. The predicted octanol–water partition coefficient (Wildman–Crippen LogP) is 2.08. The van der Waals surface area contributed by atoms with Crippen molar-refractivity contribution in [1.29, 1.82) is 0 Å². The van der Waals surface area contributed by atoms with E-state index < -0.39 is 0 Å². The number of carbonyl (C=O) groups is 1. The van der Waals surface area contributed by atoms with E-state index in [9.17, 15) is 4.79 Å². The Bertz CT molecular complexity index is 626. The molecule has 0 aliphatic heterocycles. The summed E-state index contributed by atoms with van der Waals surface area (Å²) in [6.07, 6.45) is 10.4. The molecule has 0 fully saturated rings.